The summed E-state index contributed by atoms with van der Waals surface area (Å²) in [5.41, 5.74) is 0.584. The van der Waals surface area contributed by atoms with Crippen LogP contribution < -0.4 is 10.0 Å². The molecule has 0 atom stereocenters. The number of nitrogens with one attached hydrogen (secondary N) is 2. The van der Waals surface area contributed by atoms with Gasteiger partial charge in [0.05, 0.1) is 18.1 Å². The summed E-state index contributed by atoms with van der Waals surface area (Å²) in [6, 6.07) is 8.33. The third-order valence-corrected chi connectivity index (χ3v) is 6.63. The Balaban J connectivity index is 1.30. The van der Waals surface area contributed by atoms with E-state index in [1.165, 1.54) is 12.1 Å². The summed E-state index contributed by atoms with van der Waals surface area (Å²) in [5.74, 6) is 0.752. The van der Waals surface area contributed by atoms with E-state index in [9.17, 15) is 12.8 Å². The molecule has 0 amide bonds. The Kier molecular flexibility index (Phi) is 7.25. The molecule has 0 saturated carbocycles. The van der Waals surface area contributed by atoms with E-state index in [4.69, 9.17) is 4.74 Å². The van der Waals surface area contributed by atoms with Crippen molar-refractivity contribution in [1.29, 1.82) is 0 Å². The molecule has 3 heterocycles. The molecule has 32 heavy (non-hydrogen) atoms. The maximum atomic E-state index is 13.0. The lowest BCUT2D eigenvalue weighted by molar-refractivity contribution is 0.0378. The van der Waals surface area contributed by atoms with Gasteiger partial charge in [0.1, 0.15) is 11.6 Å². The Morgan fingerprint density at radius 3 is 2.59 bits per heavy atom. The molecule has 12 heteroatoms. The number of aromatic nitrogens is 4. The van der Waals surface area contributed by atoms with Gasteiger partial charge in [0.15, 0.2) is 11.5 Å². The maximum Gasteiger partial charge on any atom is 0.240 e. The smallest absolute Gasteiger partial charge is 0.240 e. The molecule has 2 N–H and O–H groups in total. The molecule has 0 unspecified atom stereocenters. The van der Waals surface area contributed by atoms with Gasteiger partial charge in [-0.1, -0.05) is 0 Å². The minimum absolute atomic E-state index is 0.00620. The summed E-state index contributed by atoms with van der Waals surface area (Å²) in [5, 5.41) is 16.0. The van der Waals surface area contributed by atoms with E-state index in [0.717, 1.165) is 57.9 Å². The molecule has 0 spiro atoms. The number of hydrogen-bond acceptors (Lipinski definition) is 8. The molecular formula is C20H26FN7O3S. The predicted octanol–water partition coefficient (Wildman–Crippen LogP) is 0.919. The summed E-state index contributed by atoms with van der Waals surface area (Å²) in [4.78, 5) is 2.39. The van der Waals surface area contributed by atoms with Gasteiger partial charge in [-0.3, -0.25) is 4.90 Å². The normalized spacial score (nSPS) is 15.3. The Morgan fingerprint density at radius 2 is 1.81 bits per heavy atom. The zero-order valence-corrected chi connectivity index (χ0v) is 18.4. The number of benzene rings is 1. The fourth-order valence-corrected chi connectivity index (χ4v) is 4.45. The van der Waals surface area contributed by atoms with Crippen molar-refractivity contribution in [2.75, 3.05) is 51.3 Å². The van der Waals surface area contributed by atoms with Crippen molar-refractivity contribution < 1.29 is 17.5 Å². The van der Waals surface area contributed by atoms with E-state index in [-0.39, 0.29) is 11.4 Å². The van der Waals surface area contributed by atoms with E-state index in [0.29, 0.717) is 23.7 Å². The molecule has 1 fully saturated rings. The number of nitrogens with zero attached hydrogens (tertiary/aromatic N) is 5. The summed E-state index contributed by atoms with van der Waals surface area (Å²) >= 11 is 0. The summed E-state index contributed by atoms with van der Waals surface area (Å²) in [6.07, 6.45) is 1.29. The number of anilines is 1. The van der Waals surface area contributed by atoms with E-state index < -0.39 is 15.8 Å². The zero-order chi connectivity index (χ0) is 22.4. The fourth-order valence-electron chi connectivity index (χ4n) is 3.42. The average molecular weight is 464 g/mol. The van der Waals surface area contributed by atoms with Crippen LogP contribution in [0.4, 0.5) is 10.2 Å². The van der Waals surface area contributed by atoms with Crippen LogP contribution in [0.5, 0.6) is 0 Å². The van der Waals surface area contributed by atoms with Gasteiger partial charge in [-0.2, -0.15) is 4.52 Å². The highest BCUT2D eigenvalue weighted by atomic mass is 32.2. The monoisotopic (exact) mass is 463 g/mol. The molecule has 1 aliphatic heterocycles. The van der Waals surface area contributed by atoms with Crippen molar-refractivity contribution in [3.8, 4) is 0 Å². The first-order valence-corrected chi connectivity index (χ1v) is 12.0. The van der Waals surface area contributed by atoms with Gasteiger partial charge >= 0.3 is 0 Å². The number of sulfonamides is 1. The van der Waals surface area contributed by atoms with E-state index in [2.05, 4.69) is 30.2 Å². The van der Waals surface area contributed by atoms with Crippen LogP contribution in [-0.4, -0.2) is 79.1 Å². The molecular weight excluding hydrogens is 437 g/mol. The first-order chi connectivity index (χ1) is 15.5. The number of morpholine rings is 1. The summed E-state index contributed by atoms with van der Waals surface area (Å²) in [7, 11) is -3.73. The largest absolute Gasteiger partial charge is 0.379 e. The van der Waals surface area contributed by atoms with Crippen LogP contribution in [0.25, 0.3) is 5.65 Å². The van der Waals surface area contributed by atoms with Gasteiger partial charge in [-0.25, -0.2) is 17.5 Å². The van der Waals surface area contributed by atoms with Gasteiger partial charge in [0, 0.05) is 32.6 Å². The van der Waals surface area contributed by atoms with Crippen molar-refractivity contribution in [3.05, 3.63) is 48.0 Å². The van der Waals surface area contributed by atoms with Crippen molar-refractivity contribution in [3.63, 3.8) is 0 Å². The zero-order valence-electron chi connectivity index (χ0n) is 17.6. The fraction of sp³-hybridized carbons (Fsp3) is 0.450. The molecule has 0 aliphatic carbocycles. The lowest BCUT2D eigenvalue weighted by atomic mass is 10.3. The van der Waals surface area contributed by atoms with Gasteiger partial charge in [0.25, 0.3) is 0 Å². The highest BCUT2D eigenvalue weighted by Gasteiger charge is 2.15. The van der Waals surface area contributed by atoms with Crippen LogP contribution in [0, 0.1) is 5.82 Å². The molecule has 10 nitrogen and oxygen atoms in total. The van der Waals surface area contributed by atoms with Gasteiger partial charge in [-0.05, 0) is 49.4 Å². The molecule has 1 saturated heterocycles. The average Bonchev–Trinajstić information content (AvgIpc) is 3.20. The van der Waals surface area contributed by atoms with Crippen molar-refractivity contribution in [2.45, 2.75) is 17.7 Å². The molecule has 4 rings (SSSR count). The van der Waals surface area contributed by atoms with Gasteiger partial charge in [0.2, 0.25) is 10.0 Å². The van der Waals surface area contributed by atoms with Crippen molar-refractivity contribution >= 4 is 21.5 Å². The second-order valence-corrected chi connectivity index (χ2v) is 9.21. The minimum atomic E-state index is -3.73. The number of hydrogen-bond donors (Lipinski definition) is 2. The molecule has 1 aliphatic rings. The Morgan fingerprint density at radius 1 is 1.03 bits per heavy atom. The number of halogens is 1. The predicted molar refractivity (Wildman–Crippen MR) is 116 cm³/mol. The second-order valence-electron chi connectivity index (χ2n) is 7.44. The van der Waals surface area contributed by atoms with Crippen molar-refractivity contribution in [1.82, 2.24) is 29.4 Å². The lowest BCUT2D eigenvalue weighted by Crippen LogP contribution is -2.37. The van der Waals surface area contributed by atoms with E-state index >= 15 is 0 Å². The Labute approximate surface area is 185 Å². The first-order valence-electron chi connectivity index (χ1n) is 10.5. The summed E-state index contributed by atoms with van der Waals surface area (Å²) in [6.45, 7) is 5.43. The number of ether oxygens (including phenoxy) is 1. The molecule has 0 radical (unpaired) electrons. The molecule has 172 valence electrons. The van der Waals surface area contributed by atoms with Crippen LogP contribution in [0.2, 0.25) is 0 Å². The first kappa shape index (κ1) is 22.5. The molecule has 0 bridgehead atoms. The van der Waals surface area contributed by atoms with E-state index in [1.807, 2.05) is 12.1 Å². The van der Waals surface area contributed by atoms with Gasteiger partial charge in [-0.15, -0.1) is 15.3 Å². The Hall–Kier alpha value is -2.67. The van der Waals surface area contributed by atoms with Crippen LogP contribution >= 0.6 is 0 Å². The SMILES string of the molecule is O=S(=O)(NCCc1nnc2ccc(NCCCN3CCOCC3)nn12)c1ccc(F)cc1. The topological polar surface area (TPSA) is 114 Å². The number of rotatable bonds is 10. The molecule has 1 aromatic carbocycles. The molecule has 2 aromatic heterocycles. The molecule has 3 aromatic rings. The second kappa shape index (κ2) is 10.3. The minimum Gasteiger partial charge on any atom is -0.379 e. The van der Waals surface area contributed by atoms with Gasteiger partial charge < -0.3 is 10.1 Å². The third kappa shape index (κ3) is 5.76. The van der Waals surface area contributed by atoms with Crippen LogP contribution in [0.1, 0.15) is 12.2 Å². The van der Waals surface area contributed by atoms with Crippen LogP contribution in [-0.2, 0) is 21.2 Å². The third-order valence-electron chi connectivity index (χ3n) is 5.15. The van der Waals surface area contributed by atoms with Crippen molar-refractivity contribution in [2.24, 2.45) is 0 Å². The quantitative estimate of drug-likeness (QED) is 0.427. The van der Waals surface area contributed by atoms with E-state index in [1.54, 1.807) is 4.52 Å². The van der Waals surface area contributed by atoms with Crippen LogP contribution in [0.3, 0.4) is 0 Å². The highest BCUT2D eigenvalue weighted by molar-refractivity contribution is 7.89. The van der Waals surface area contributed by atoms with Crippen LogP contribution in [0.15, 0.2) is 41.3 Å². The standard InChI is InChI=1S/C20H26FN7O3S/c21-16-2-4-17(5-3-16)32(29,30)23-10-8-20-25-24-19-7-6-18(26-28(19)20)22-9-1-11-27-12-14-31-15-13-27/h2-7,23H,1,8-15H2,(H,22,26). The Bertz CT molecular complexity index is 1130. The summed E-state index contributed by atoms with van der Waals surface area (Å²) < 4.78 is 47.2. The number of fused-ring (bicyclic) bond motifs is 1. The highest BCUT2D eigenvalue weighted by Crippen LogP contribution is 2.11. The maximum absolute atomic E-state index is 13.0. The lowest BCUT2D eigenvalue weighted by Gasteiger charge is -2.26.